The Morgan fingerprint density at radius 3 is 1.29 bits per heavy atom. The number of ether oxygens (including phenoxy) is 7. The number of hydrogen-bond acceptors (Lipinski definition) is 21. The van der Waals surface area contributed by atoms with Gasteiger partial charge in [0.15, 0.2) is 25.2 Å². The second-order valence-electron chi connectivity index (χ2n) is 11.9. The summed E-state index contributed by atoms with van der Waals surface area (Å²) in [4.78, 5) is 11.8. The summed E-state index contributed by atoms with van der Waals surface area (Å²) in [6.07, 6.45) is -33.3. The summed E-state index contributed by atoms with van der Waals surface area (Å²) in [5.74, 6) is -0.673. The van der Waals surface area contributed by atoms with E-state index < -0.39 is 155 Å². The van der Waals surface area contributed by atoms with Crippen LogP contribution in [0.5, 0.6) is 0 Å². The fourth-order valence-corrected chi connectivity index (χ4v) is 5.95. The molecular weight excluding hydrogens is 662 g/mol. The van der Waals surface area contributed by atoms with E-state index in [4.69, 9.17) is 33.2 Å². The fraction of sp³-hybridized carbons (Fsp3) is 0.962. The predicted octanol–water partition coefficient (Wildman–Crippen LogP) is -9.61. The molecule has 0 aliphatic carbocycles. The number of carbonyl (C=O) groups excluding carboxylic acids is 1. The summed E-state index contributed by atoms with van der Waals surface area (Å²) < 4.78 is 38.3. The molecule has 14 N–H and O–H groups in total. The van der Waals surface area contributed by atoms with Gasteiger partial charge in [0.25, 0.3) is 0 Å². The van der Waals surface area contributed by atoms with Gasteiger partial charge in [-0.15, -0.1) is 0 Å². The van der Waals surface area contributed by atoms with E-state index >= 15 is 0 Å². The van der Waals surface area contributed by atoms with Crippen molar-refractivity contribution >= 4 is 5.91 Å². The molecule has 280 valence electrons. The maximum atomic E-state index is 11.8. The summed E-state index contributed by atoms with van der Waals surface area (Å²) in [5, 5.41) is 136. The Kier molecular flexibility index (Phi) is 13.8. The van der Waals surface area contributed by atoms with E-state index in [1.165, 1.54) is 0 Å². The van der Waals surface area contributed by atoms with Gasteiger partial charge in [-0.3, -0.25) is 4.79 Å². The van der Waals surface area contributed by atoms with Crippen LogP contribution in [0.4, 0.5) is 0 Å². The number of aliphatic hydroxyl groups excluding tert-OH is 13. The molecule has 0 unspecified atom stereocenters. The van der Waals surface area contributed by atoms with Gasteiger partial charge < -0.3 is 105 Å². The topological polar surface area (TPSA) is 357 Å². The van der Waals surface area contributed by atoms with Gasteiger partial charge in [-0.05, 0) is 0 Å². The highest BCUT2D eigenvalue weighted by atomic mass is 16.8. The zero-order valence-corrected chi connectivity index (χ0v) is 25.5. The largest absolute Gasteiger partial charge is 0.394 e. The van der Waals surface area contributed by atoms with Crippen molar-refractivity contribution in [2.45, 2.75) is 130 Å². The van der Waals surface area contributed by atoms with Crippen molar-refractivity contribution in [3.8, 4) is 0 Å². The second kappa shape index (κ2) is 16.8. The van der Waals surface area contributed by atoms with Crippen molar-refractivity contribution in [1.82, 2.24) is 5.32 Å². The predicted molar refractivity (Wildman–Crippen MR) is 145 cm³/mol. The Bertz CT molecular complexity index is 1020. The average molecular weight is 708 g/mol. The van der Waals surface area contributed by atoms with Gasteiger partial charge in [0.05, 0.1) is 26.4 Å². The van der Waals surface area contributed by atoms with E-state index in [1.54, 1.807) is 0 Å². The Balaban J connectivity index is 1.46. The molecule has 0 spiro atoms. The van der Waals surface area contributed by atoms with Gasteiger partial charge in [-0.1, -0.05) is 0 Å². The molecule has 4 fully saturated rings. The zero-order chi connectivity index (χ0) is 35.6. The number of rotatable bonds is 11. The first-order valence-corrected chi connectivity index (χ1v) is 15.1. The molecule has 0 aromatic carbocycles. The SMILES string of the molecule is CC(=O)N[C@H]1[C@H](O[C@@H]2[C@H](O)[C@@H](O)[C@H](O[C@@H]3[C@H](O)[C@@H](O)[C@H](O[C@H]4[C@H](O)[C@@H](O)[C@@H](O)O[C@@H]4CO)O[C@@H]3CO)O[C@@H]2CO)O[C@H](CO)[C@H](O)[C@@H]1O. The van der Waals surface area contributed by atoms with Crippen LogP contribution in [0.15, 0.2) is 0 Å². The first kappa shape index (κ1) is 39.5. The number of carbonyl (C=O) groups is 1. The van der Waals surface area contributed by atoms with Crippen LogP contribution in [-0.4, -0.2) is 221 Å². The number of amides is 1. The zero-order valence-electron chi connectivity index (χ0n) is 25.5. The molecule has 48 heavy (non-hydrogen) atoms. The van der Waals surface area contributed by atoms with Crippen LogP contribution in [0.25, 0.3) is 0 Å². The fourth-order valence-electron chi connectivity index (χ4n) is 5.95. The Hall–Kier alpha value is -1.33. The van der Waals surface area contributed by atoms with Crippen LogP contribution >= 0.6 is 0 Å². The molecule has 4 aliphatic heterocycles. The maximum absolute atomic E-state index is 11.8. The number of nitrogens with one attached hydrogen (secondary N) is 1. The van der Waals surface area contributed by atoms with Crippen LogP contribution < -0.4 is 5.32 Å². The van der Waals surface area contributed by atoms with E-state index in [0.717, 1.165) is 6.92 Å². The van der Waals surface area contributed by atoms with Crippen LogP contribution in [0.1, 0.15) is 6.92 Å². The van der Waals surface area contributed by atoms with Crippen LogP contribution in [0.2, 0.25) is 0 Å². The highest BCUT2D eigenvalue weighted by Crippen LogP contribution is 2.34. The van der Waals surface area contributed by atoms with E-state index in [0.29, 0.717) is 0 Å². The highest BCUT2D eigenvalue weighted by Gasteiger charge is 2.55. The second-order valence-corrected chi connectivity index (χ2v) is 11.9. The molecule has 4 heterocycles. The van der Waals surface area contributed by atoms with Crippen molar-refractivity contribution in [2.75, 3.05) is 26.4 Å². The third-order valence-corrected chi connectivity index (χ3v) is 8.61. The van der Waals surface area contributed by atoms with Crippen LogP contribution in [0, 0.1) is 0 Å². The molecule has 22 nitrogen and oxygen atoms in total. The van der Waals surface area contributed by atoms with Gasteiger partial charge in [0.2, 0.25) is 5.91 Å². The summed E-state index contributed by atoms with van der Waals surface area (Å²) in [6, 6.07) is -1.45. The molecule has 0 aromatic rings. The molecular formula is C26H45NO21. The normalized spacial score (nSPS) is 50.2. The number of hydrogen-bond donors (Lipinski definition) is 14. The average Bonchev–Trinajstić information content (AvgIpc) is 3.06. The Morgan fingerprint density at radius 2 is 0.875 bits per heavy atom. The van der Waals surface area contributed by atoms with E-state index in [1.807, 2.05) is 0 Å². The lowest BCUT2D eigenvalue weighted by Crippen LogP contribution is -2.68. The lowest BCUT2D eigenvalue weighted by Gasteiger charge is -2.49. The molecule has 22 heteroatoms. The maximum Gasteiger partial charge on any atom is 0.217 e. The number of aliphatic hydroxyl groups is 13. The smallest absolute Gasteiger partial charge is 0.217 e. The lowest BCUT2D eigenvalue weighted by atomic mass is 9.95. The van der Waals surface area contributed by atoms with Crippen LogP contribution in [0.3, 0.4) is 0 Å². The molecule has 1 amide bonds. The standard InChI is InChI=1S/C26H45NO21/c1-6(32)27-11-13(34)12(33)7(2-28)43-24(11)46-21-9(4-30)44-26(18(39)15(21)36)48-22-10(5-31)45-25(19(40)16(22)37)47-20-8(3-29)42-23(41)17(38)14(20)35/h7-26,28-31,33-41H,2-5H2,1H3,(H,27,32)/t7-,8-,9-,10-,11-,12+,13-,14-,15-,16-,17-,18-,19-,20-,21+,22+,23+,24+,25+,26+/m1/s1. The van der Waals surface area contributed by atoms with Crippen molar-refractivity contribution in [3.05, 3.63) is 0 Å². The minimum Gasteiger partial charge on any atom is -0.394 e. The molecule has 4 rings (SSSR count). The Morgan fingerprint density at radius 1 is 0.500 bits per heavy atom. The highest BCUT2D eigenvalue weighted by molar-refractivity contribution is 5.73. The van der Waals surface area contributed by atoms with E-state index in [9.17, 15) is 71.2 Å². The molecule has 0 radical (unpaired) electrons. The molecule has 0 aromatic heterocycles. The summed E-state index contributed by atoms with van der Waals surface area (Å²) in [6.45, 7) is -2.31. The quantitative estimate of drug-likeness (QED) is 0.0947. The molecule has 0 bridgehead atoms. The summed E-state index contributed by atoms with van der Waals surface area (Å²) >= 11 is 0. The van der Waals surface area contributed by atoms with Gasteiger partial charge in [0.1, 0.15) is 97.6 Å². The molecule has 0 saturated carbocycles. The molecule has 4 aliphatic rings. The third kappa shape index (κ3) is 8.08. The molecule has 20 atom stereocenters. The van der Waals surface area contributed by atoms with Gasteiger partial charge in [-0.2, -0.15) is 0 Å². The van der Waals surface area contributed by atoms with Gasteiger partial charge >= 0.3 is 0 Å². The first-order chi connectivity index (χ1) is 22.7. The summed E-state index contributed by atoms with van der Waals surface area (Å²) in [5.41, 5.74) is 0. The lowest BCUT2D eigenvalue weighted by molar-refractivity contribution is -0.384. The van der Waals surface area contributed by atoms with Gasteiger partial charge in [0, 0.05) is 6.92 Å². The minimum atomic E-state index is -2.03. The van der Waals surface area contributed by atoms with Crippen LogP contribution in [-0.2, 0) is 38.0 Å². The van der Waals surface area contributed by atoms with E-state index in [-0.39, 0.29) is 0 Å². The van der Waals surface area contributed by atoms with Crippen molar-refractivity contribution in [3.63, 3.8) is 0 Å². The van der Waals surface area contributed by atoms with Crippen molar-refractivity contribution < 1.29 is 104 Å². The minimum absolute atomic E-state index is 0.673. The van der Waals surface area contributed by atoms with Crippen molar-refractivity contribution in [1.29, 1.82) is 0 Å². The molecule has 4 saturated heterocycles. The van der Waals surface area contributed by atoms with E-state index in [2.05, 4.69) is 5.32 Å². The van der Waals surface area contributed by atoms with Crippen molar-refractivity contribution in [2.24, 2.45) is 0 Å². The summed E-state index contributed by atoms with van der Waals surface area (Å²) in [7, 11) is 0. The van der Waals surface area contributed by atoms with Gasteiger partial charge in [-0.25, -0.2) is 0 Å². The third-order valence-electron chi connectivity index (χ3n) is 8.61. The monoisotopic (exact) mass is 707 g/mol. The first-order valence-electron chi connectivity index (χ1n) is 15.1. The Labute approximate surface area is 272 Å².